The monoisotopic (exact) mass is 271 g/mol. The molecule has 0 radical (unpaired) electrons. The van der Waals surface area contributed by atoms with Crippen molar-refractivity contribution in [3.63, 3.8) is 0 Å². The second-order valence-corrected chi connectivity index (χ2v) is 5.67. The molecule has 1 atom stereocenters. The number of aliphatic hydroxyl groups is 1. The van der Waals surface area contributed by atoms with Gasteiger partial charge in [0.25, 0.3) is 0 Å². The average Bonchev–Trinajstić information content (AvgIpc) is 2.88. The smallest absolute Gasteiger partial charge is 0.0695 e. The number of aryl methyl sites for hydroxylation is 1. The number of likely N-dealkylation sites (tertiary alicyclic amines) is 1. The molecule has 1 aliphatic rings. The lowest BCUT2D eigenvalue weighted by molar-refractivity contribution is 0.0669. The van der Waals surface area contributed by atoms with E-state index < -0.39 is 0 Å². The number of β-amino-alcohol motifs (C(OH)–C–C–N with tert-alkyl or cyclic N) is 1. The second kappa shape index (κ2) is 5.77. The molecule has 1 fully saturated rings. The van der Waals surface area contributed by atoms with Crippen molar-refractivity contribution in [2.75, 3.05) is 13.1 Å². The van der Waals surface area contributed by atoms with E-state index in [0.29, 0.717) is 0 Å². The summed E-state index contributed by atoms with van der Waals surface area (Å²) in [5, 5.41) is 17.1. The fourth-order valence-electron chi connectivity index (χ4n) is 2.82. The molecule has 3 rings (SSSR count). The summed E-state index contributed by atoms with van der Waals surface area (Å²) in [4.78, 5) is 2.30. The molecule has 20 heavy (non-hydrogen) atoms. The highest BCUT2D eigenvalue weighted by Gasteiger charge is 2.19. The molecule has 4 nitrogen and oxygen atoms in total. The van der Waals surface area contributed by atoms with E-state index in [1.807, 2.05) is 6.20 Å². The van der Waals surface area contributed by atoms with Crippen LogP contribution in [0.15, 0.2) is 30.5 Å². The maximum absolute atomic E-state index is 9.76. The van der Waals surface area contributed by atoms with Gasteiger partial charge in [0.15, 0.2) is 0 Å². The van der Waals surface area contributed by atoms with Crippen molar-refractivity contribution in [3.8, 4) is 11.3 Å². The van der Waals surface area contributed by atoms with E-state index in [9.17, 15) is 5.11 Å². The number of hydrogen-bond donors (Lipinski definition) is 2. The number of aliphatic hydroxyl groups excluding tert-OH is 1. The maximum atomic E-state index is 9.76. The van der Waals surface area contributed by atoms with Crippen LogP contribution in [0.4, 0.5) is 0 Å². The largest absolute Gasteiger partial charge is 0.392 e. The second-order valence-electron chi connectivity index (χ2n) is 5.67. The lowest BCUT2D eigenvalue weighted by atomic mass is 10.0. The number of nitrogens with one attached hydrogen (secondary N) is 1. The van der Waals surface area contributed by atoms with Crippen LogP contribution in [-0.4, -0.2) is 39.4 Å². The van der Waals surface area contributed by atoms with Gasteiger partial charge in [-0.3, -0.25) is 10.00 Å². The van der Waals surface area contributed by atoms with Crippen LogP contribution in [0.3, 0.4) is 0 Å². The van der Waals surface area contributed by atoms with Gasteiger partial charge in [-0.1, -0.05) is 29.8 Å². The number of H-pyrrole nitrogens is 1. The number of aromatic nitrogens is 2. The predicted octanol–water partition coefficient (Wildman–Crippen LogP) is 2.34. The third-order valence-electron chi connectivity index (χ3n) is 3.93. The van der Waals surface area contributed by atoms with Crippen molar-refractivity contribution in [2.45, 2.75) is 32.4 Å². The fraction of sp³-hybridized carbons (Fsp3) is 0.438. The number of nitrogens with zero attached hydrogens (tertiary/aromatic N) is 2. The molecule has 0 amide bonds. The Morgan fingerprint density at radius 3 is 2.90 bits per heavy atom. The molecule has 1 aromatic heterocycles. The number of rotatable bonds is 3. The zero-order valence-electron chi connectivity index (χ0n) is 11.8. The van der Waals surface area contributed by atoms with Gasteiger partial charge in [-0.05, 0) is 31.9 Å². The Balaban J connectivity index is 1.78. The molecule has 0 saturated carbocycles. The minimum atomic E-state index is -0.182. The quantitative estimate of drug-likeness (QED) is 0.901. The third kappa shape index (κ3) is 2.92. The molecule has 4 heteroatoms. The molecule has 2 N–H and O–H groups in total. The first-order valence-corrected chi connectivity index (χ1v) is 7.22. The van der Waals surface area contributed by atoms with Gasteiger partial charge in [0.2, 0.25) is 0 Å². The highest BCUT2D eigenvalue weighted by molar-refractivity contribution is 5.62. The number of hydrogen-bond acceptors (Lipinski definition) is 3. The highest BCUT2D eigenvalue weighted by atomic mass is 16.3. The Morgan fingerprint density at radius 1 is 1.35 bits per heavy atom. The van der Waals surface area contributed by atoms with Crippen LogP contribution < -0.4 is 0 Å². The van der Waals surface area contributed by atoms with Crippen molar-refractivity contribution < 1.29 is 5.11 Å². The van der Waals surface area contributed by atoms with Gasteiger partial charge in [0.1, 0.15) is 0 Å². The van der Waals surface area contributed by atoms with Crippen molar-refractivity contribution >= 4 is 0 Å². The highest BCUT2D eigenvalue weighted by Crippen LogP contribution is 2.23. The molecule has 1 saturated heterocycles. The minimum Gasteiger partial charge on any atom is -0.392 e. The van der Waals surface area contributed by atoms with Crippen molar-refractivity contribution in [1.82, 2.24) is 15.1 Å². The number of piperidine rings is 1. The van der Waals surface area contributed by atoms with Crippen LogP contribution in [0.1, 0.15) is 24.0 Å². The first-order chi connectivity index (χ1) is 9.72. The lowest BCUT2D eigenvalue weighted by Crippen LogP contribution is -2.37. The molecule has 106 valence electrons. The summed E-state index contributed by atoms with van der Waals surface area (Å²) in [5.74, 6) is 0. The molecule has 1 unspecified atom stereocenters. The Bertz CT molecular complexity index is 561. The van der Waals surface area contributed by atoms with Gasteiger partial charge in [-0.2, -0.15) is 5.10 Å². The molecule has 1 aliphatic heterocycles. The Labute approximate surface area is 119 Å². The van der Waals surface area contributed by atoms with Crippen LogP contribution in [0.2, 0.25) is 0 Å². The van der Waals surface area contributed by atoms with Crippen molar-refractivity contribution in [1.29, 1.82) is 0 Å². The fourth-order valence-corrected chi connectivity index (χ4v) is 2.82. The standard InChI is InChI=1S/C16H21N3O/c1-12-4-6-13(7-5-12)16-14(9-17-18-16)10-19-8-2-3-15(20)11-19/h4-7,9,15,20H,2-3,8,10-11H2,1H3,(H,17,18). The predicted molar refractivity (Wildman–Crippen MR) is 79.3 cm³/mol. The van der Waals surface area contributed by atoms with E-state index in [4.69, 9.17) is 0 Å². The molecule has 0 aliphatic carbocycles. The normalized spacial score (nSPS) is 20.2. The summed E-state index contributed by atoms with van der Waals surface area (Å²) in [7, 11) is 0. The van der Waals surface area contributed by atoms with Crippen LogP contribution >= 0.6 is 0 Å². The lowest BCUT2D eigenvalue weighted by Gasteiger charge is -2.29. The molecule has 0 bridgehead atoms. The van der Waals surface area contributed by atoms with Crippen molar-refractivity contribution in [2.24, 2.45) is 0 Å². The van der Waals surface area contributed by atoms with Crippen LogP contribution in [-0.2, 0) is 6.54 Å². The minimum absolute atomic E-state index is 0.182. The van der Waals surface area contributed by atoms with Gasteiger partial charge >= 0.3 is 0 Å². The van der Waals surface area contributed by atoms with Crippen LogP contribution in [0.5, 0.6) is 0 Å². The van der Waals surface area contributed by atoms with E-state index in [1.165, 1.54) is 16.7 Å². The number of aromatic amines is 1. The van der Waals surface area contributed by atoms with Crippen LogP contribution in [0.25, 0.3) is 11.3 Å². The van der Waals surface area contributed by atoms with Gasteiger partial charge in [0, 0.05) is 18.7 Å². The van der Waals surface area contributed by atoms with E-state index in [0.717, 1.165) is 38.2 Å². The average molecular weight is 271 g/mol. The molecule has 0 spiro atoms. The Hall–Kier alpha value is -1.65. The number of benzene rings is 1. The van der Waals surface area contributed by atoms with E-state index in [1.54, 1.807) is 0 Å². The summed E-state index contributed by atoms with van der Waals surface area (Å²) in [6, 6.07) is 8.48. The van der Waals surface area contributed by atoms with Crippen LogP contribution in [0, 0.1) is 6.92 Å². The molecule has 2 aromatic rings. The summed E-state index contributed by atoms with van der Waals surface area (Å²) >= 11 is 0. The molecule has 2 heterocycles. The SMILES string of the molecule is Cc1ccc(-c2[nH]ncc2CN2CCCC(O)C2)cc1. The van der Waals surface area contributed by atoms with E-state index in [-0.39, 0.29) is 6.10 Å². The Morgan fingerprint density at radius 2 is 2.15 bits per heavy atom. The van der Waals surface area contributed by atoms with E-state index >= 15 is 0 Å². The zero-order chi connectivity index (χ0) is 13.9. The molecular formula is C16H21N3O. The molecular weight excluding hydrogens is 250 g/mol. The maximum Gasteiger partial charge on any atom is 0.0695 e. The van der Waals surface area contributed by atoms with Gasteiger partial charge in [0.05, 0.1) is 18.0 Å². The van der Waals surface area contributed by atoms with Gasteiger partial charge < -0.3 is 5.11 Å². The topological polar surface area (TPSA) is 52.2 Å². The van der Waals surface area contributed by atoms with Crippen molar-refractivity contribution in [3.05, 3.63) is 41.6 Å². The van der Waals surface area contributed by atoms with E-state index in [2.05, 4.69) is 46.3 Å². The summed E-state index contributed by atoms with van der Waals surface area (Å²) in [6.07, 6.45) is 3.71. The zero-order valence-corrected chi connectivity index (χ0v) is 11.8. The summed E-state index contributed by atoms with van der Waals surface area (Å²) < 4.78 is 0. The van der Waals surface area contributed by atoms with Gasteiger partial charge in [-0.25, -0.2) is 0 Å². The molecule has 1 aromatic carbocycles. The van der Waals surface area contributed by atoms with Gasteiger partial charge in [-0.15, -0.1) is 0 Å². The summed E-state index contributed by atoms with van der Waals surface area (Å²) in [5.41, 5.74) is 4.71. The summed E-state index contributed by atoms with van der Waals surface area (Å²) in [6.45, 7) is 4.75. The third-order valence-corrected chi connectivity index (χ3v) is 3.93. The first-order valence-electron chi connectivity index (χ1n) is 7.22. The Kier molecular flexibility index (Phi) is 3.85. The first kappa shape index (κ1) is 13.3.